The van der Waals surface area contributed by atoms with E-state index >= 15 is 0 Å². The van der Waals surface area contributed by atoms with E-state index in [9.17, 15) is 9.18 Å². The number of ether oxygens (including phenoxy) is 1. The van der Waals surface area contributed by atoms with E-state index in [1.54, 1.807) is 12.1 Å². The number of Topliss-reactive ketones (excluding diaryl/α,β-unsaturated/α-hetero) is 1. The maximum Gasteiger partial charge on any atom is 0.162 e. The molecule has 2 aliphatic rings. The highest BCUT2D eigenvalue weighted by atomic mass is 35.5. The molecule has 0 aromatic heterocycles. The molecule has 0 atom stereocenters. The Hall–Kier alpha value is -1.62. The van der Waals surface area contributed by atoms with E-state index in [0.717, 1.165) is 51.1 Å². The number of nitrogens with zero attached hydrogens (tertiary/aromatic N) is 1. The van der Waals surface area contributed by atoms with E-state index in [2.05, 4.69) is 11.0 Å². The molecule has 0 unspecified atom stereocenters. The average Bonchev–Trinajstić information content (AvgIpc) is 3.01. The number of ketones is 1. The van der Waals surface area contributed by atoms with E-state index in [4.69, 9.17) is 16.3 Å². The van der Waals surface area contributed by atoms with Gasteiger partial charge in [-0.3, -0.25) is 4.79 Å². The van der Waals surface area contributed by atoms with Crippen LogP contribution in [0, 0.1) is 5.82 Å². The Kier molecular flexibility index (Phi) is 6.64. The molecule has 0 bridgehead atoms. The minimum atomic E-state index is -0.313. The molecule has 1 saturated heterocycles. The third-order valence-corrected chi connectivity index (χ3v) is 5.92. The highest BCUT2D eigenvalue weighted by Crippen LogP contribution is 2.42. The van der Waals surface area contributed by atoms with E-state index in [-0.39, 0.29) is 29.6 Å². The molecule has 2 aromatic rings. The van der Waals surface area contributed by atoms with Crippen LogP contribution in [0.1, 0.15) is 41.6 Å². The maximum absolute atomic E-state index is 12.9. The largest absolute Gasteiger partial charge is 0.486 e. The summed E-state index contributed by atoms with van der Waals surface area (Å²) in [5.74, 6) is 0.697. The van der Waals surface area contributed by atoms with Gasteiger partial charge in [0.2, 0.25) is 0 Å². The Morgan fingerprint density at radius 3 is 2.57 bits per heavy atom. The molecule has 0 amide bonds. The summed E-state index contributed by atoms with van der Waals surface area (Å²) < 4.78 is 19.2. The van der Waals surface area contributed by atoms with Crippen molar-refractivity contribution >= 4 is 29.8 Å². The fourth-order valence-corrected chi connectivity index (χ4v) is 4.25. The number of hydrogen-bond donors (Lipinski definition) is 0. The molecule has 0 radical (unpaired) electrons. The summed E-state index contributed by atoms with van der Waals surface area (Å²) in [5.41, 5.74) is 1.75. The predicted molar refractivity (Wildman–Crippen MR) is 111 cm³/mol. The van der Waals surface area contributed by atoms with Gasteiger partial charge in [0.1, 0.15) is 17.2 Å². The maximum atomic E-state index is 12.9. The Labute approximate surface area is 176 Å². The third kappa shape index (κ3) is 4.68. The van der Waals surface area contributed by atoms with Crippen LogP contribution in [0.15, 0.2) is 42.5 Å². The first-order valence-corrected chi connectivity index (χ1v) is 9.89. The van der Waals surface area contributed by atoms with Crippen LogP contribution in [0.4, 0.5) is 4.39 Å². The topological polar surface area (TPSA) is 29.5 Å². The zero-order valence-electron chi connectivity index (χ0n) is 15.6. The number of carbonyl (C=O) groups is 1. The molecule has 0 saturated carbocycles. The van der Waals surface area contributed by atoms with Crippen LogP contribution in [0.25, 0.3) is 0 Å². The summed E-state index contributed by atoms with van der Waals surface area (Å²) in [6, 6.07) is 11.7. The van der Waals surface area contributed by atoms with Crippen molar-refractivity contribution in [3.8, 4) is 5.75 Å². The quantitative estimate of drug-likeness (QED) is 0.608. The summed E-state index contributed by atoms with van der Waals surface area (Å²) in [4.78, 5) is 14.6. The zero-order valence-corrected chi connectivity index (χ0v) is 17.2. The fraction of sp³-hybridized carbons (Fsp3) is 0.409. The van der Waals surface area contributed by atoms with Gasteiger partial charge < -0.3 is 9.64 Å². The number of piperidine rings is 1. The van der Waals surface area contributed by atoms with Crippen molar-refractivity contribution in [2.24, 2.45) is 0 Å². The van der Waals surface area contributed by atoms with E-state index in [1.807, 2.05) is 12.1 Å². The number of hydrogen-bond acceptors (Lipinski definition) is 3. The number of likely N-dealkylation sites (tertiary alicyclic amines) is 1. The molecule has 2 aliphatic heterocycles. The van der Waals surface area contributed by atoms with E-state index in [0.29, 0.717) is 17.0 Å². The van der Waals surface area contributed by atoms with Gasteiger partial charge in [-0.15, -0.1) is 12.4 Å². The van der Waals surface area contributed by atoms with Crippen molar-refractivity contribution in [1.29, 1.82) is 0 Å². The zero-order chi connectivity index (χ0) is 18.9. The second kappa shape index (κ2) is 8.81. The van der Waals surface area contributed by atoms with Crippen LogP contribution in [0.2, 0.25) is 5.02 Å². The van der Waals surface area contributed by atoms with Gasteiger partial charge in [0, 0.05) is 49.4 Å². The van der Waals surface area contributed by atoms with Crippen LogP contribution >= 0.6 is 24.0 Å². The summed E-state index contributed by atoms with van der Waals surface area (Å²) in [7, 11) is 0. The van der Waals surface area contributed by atoms with Gasteiger partial charge in [-0.25, -0.2) is 4.39 Å². The minimum Gasteiger partial charge on any atom is -0.486 e. The lowest BCUT2D eigenvalue weighted by Gasteiger charge is -2.38. The summed E-state index contributed by atoms with van der Waals surface area (Å²) in [6.07, 6.45) is 4.25. The van der Waals surface area contributed by atoms with Gasteiger partial charge in [0.25, 0.3) is 0 Å². The normalized spacial score (nSPS) is 17.6. The van der Waals surface area contributed by atoms with Crippen LogP contribution in [0.3, 0.4) is 0 Å². The molecule has 28 heavy (non-hydrogen) atoms. The van der Waals surface area contributed by atoms with Crippen molar-refractivity contribution in [3.05, 3.63) is 64.4 Å². The van der Waals surface area contributed by atoms with Gasteiger partial charge in [0.05, 0.1) is 0 Å². The van der Waals surface area contributed by atoms with Gasteiger partial charge in [-0.05, 0) is 54.9 Å². The van der Waals surface area contributed by atoms with Gasteiger partial charge in [0.15, 0.2) is 5.78 Å². The molecule has 2 heterocycles. The highest BCUT2D eigenvalue weighted by molar-refractivity contribution is 6.30. The minimum absolute atomic E-state index is 0. The number of carbonyl (C=O) groups excluding carboxylic acids is 1. The molecular weight excluding hydrogens is 400 g/mol. The van der Waals surface area contributed by atoms with Crippen molar-refractivity contribution < 1.29 is 13.9 Å². The third-order valence-electron chi connectivity index (χ3n) is 5.68. The molecule has 0 aliphatic carbocycles. The summed E-state index contributed by atoms with van der Waals surface area (Å²) in [6.45, 7) is 2.86. The van der Waals surface area contributed by atoms with E-state index in [1.165, 1.54) is 17.7 Å². The average molecular weight is 424 g/mol. The second-order valence-corrected chi connectivity index (χ2v) is 8.03. The number of rotatable bonds is 5. The summed E-state index contributed by atoms with van der Waals surface area (Å²) in [5, 5.41) is 0.717. The highest BCUT2D eigenvalue weighted by Gasteiger charge is 2.41. The molecule has 6 heteroatoms. The van der Waals surface area contributed by atoms with Gasteiger partial charge in [-0.2, -0.15) is 0 Å². The number of halogens is 3. The smallest absolute Gasteiger partial charge is 0.162 e. The fourth-order valence-electron chi connectivity index (χ4n) is 4.09. The van der Waals surface area contributed by atoms with Crippen molar-refractivity contribution in [2.45, 2.75) is 37.7 Å². The Balaban J connectivity index is 0.00000225. The summed E-state index contributed by atoms with van der Waals surface area (Å²) >= 11 is 6.07. The lowest BCUT2D eigenvalue weighted by Crippen LogP contribution is -2.47. The Bertz CT molecular complexity index is 833. The monoisotopic (exact) mass is 423 g/mol. The lowest BCUT2D eigenvalue weighted by atomic mass is 9.87. The van der Waals surface area contributed by atoms with Crippen LogP contribution in [-0.2, 0) is 6.42 Å². The van der Waals surface area contributed by atoms with Gasteiger partial charge >= 0.3 is 0 Å². The van der Waals surface area contributed by atoms with Crippen LogP contribution in [0.5, 0.6) is 5.75 Å². The molecular formula is C22H24Cl2FNO2. The molecule has 150 valence electrons. The lowest BCUT2D eigenvalue weighted by molar-refractivity contribution is 0.0190. The molecule has 1 spiro atoms. The molecule has 3 nitrogen and oxygen atoms in total. The number of fused-ring (bicyclic) bond motifs is 1. The standard InChI is InChI=1S/C22H23ClFNO2.ClH/c23-18-6-3-17-15-22(27-21(17)14-18)9-12-25(13-10-22)11-1-2-20(26)16-4-7-19(24)8-5-16;/h3-8,14H,1-2,9-13,15H2;1H. The second-order valence-electron chi connectivity index (χ2n) is 7.59. The number of benzene rings is 2. The van der Waals surface area contributed by atoms with Gasteiger partial charge in [-0.1, -0.05) is 17.7 Å². The molecule has 2 aromatic carbocycles. The van der Waals surface area contributed by atoms with Crippen molar-refractivity contribution in [3.63, 3.8) is 0 Å². The van der Waals surface area contributed by atoms with Crippen molar-refractivity contribution in [2.75, 3.05) is 19.6 Å². The Morgan fingerprint density at radius 2 is 1.86 bits per heavy atom. The van der Waals surface area contributed by atoms with Crippen LogP contribution < -0.4 is 4.74 Å². The van der Waals surface area contributed by atoms with E-state index < -0.39 is 0 Å². The Morgan fingerprint density at radius 1 is 1.14 bits per heavy atom. The van der Waals surface area contributed by atoms with Crippen molar-refractivity contribution in [1.82, 2.24) is 4.90 Å². The SMILES string of the molecule is Cl.O=C(CCCN1CCC2(CC1)Cc1ccc(Cl)cc1O2)c1ccc(F)cc1. The molecule has 1 fully saturated rings. The van der Waals surface area contributed by atoms with Crippen LogP contribution in [-0.4, -0.2) is 35.9 Å². The molecule has 0 N–H and O–H groups in total. The predicted octanol–water partition coefficient (Wildman–Crippen LogP) is 5.33. The molecule has 4 rings (SSSR count). The first kappa shape index (κ1) is 21.1. The first-order valence-electron chi connectivity index (χ1n) is 9.52. The first-order chi connectivity index (χ1) is 13.0.